The third-order valence-electron chi connectivity index (χ3n) is 2.24. The minimum absolute atomic E-state index is 0.0637. The molecular weight excluding hydrogens is 286 g/mol. The van der Waals surface area contributed by atoms with Gasteiger partial charge in [-0.05, 0) is 24.3 Å². The molecule has 8 heteroatoms. The minimum Gasteiger partial charge on any atom is -0.368 e. The number of aromatic nitrogens is 2. The van der Waals surface area contributed by atoms with Gasteiger partial charge in [-0.3, -0.25) is 0 Å². The van der Waals surface area contributed by atoms with Crippen LogP contribution in [0.25, 0.3) is 11.3 Å². The summed E-state index contributed by atoms with van der Waals surface area (Å²) in [5.41, 5.74) is 4.07. The van der Waals surface area contributed by atoms with Crippen LogP contribution >= 0.6 is 11.6 Å². The molecule has 0 saturated heterocycles. The van der Waals surface area contributed by atoms with Gasteiger partial charge in [0.15, 0.2) is 5.69 Å². The first kappa shape index (κ1) is 13.5. The Morgan fingerprint density at radius 3 is 2.37 bits per heavy atom. The van der Waals surface area contributed by atoms with E-state index in [2.05, 4.69) is 9.97 Å². The highest BCUT2D eigenvalue weighted by Gasteiger charge is 2.33. The Morgan fingerprint density at radius 1 is 1.11 bits per heavy atom. The van der Waals surface area contributed by atoms with Gasteiger partial charge in [-0.15, -0.1) is 0 Å². The first-order chi connectivity index (χ1) is 8.77. The van der Waals surface area contributed by atoms with Crippen molar-refractivity contribution in [2.24, 2.45) is 0 Å². The highest BCUT2D eigenvalue weighted by atomic mass is 35.5. The molecule has 19 heavy (non-hydrogen) atoms. The fraction of sp³-hybridized carbons (Fsp3) is 0.0909. The molecule has 2 N–H and O–H groups in total. The van der Waals surface area contributed by atoms with E-state index in [1.165, 1.54) is 6.07 Å². The zero-order valence-electron chi connectivity index (χ0n) is 9.17. The van der Waals surface area contributed by atoms with Gasteiger partial charge in [0.25, 0.3) is 0 Å². The van der Waals surface area contributed by atoms with E-state index in [-0.39, 0.29) is 16.3 Å². The lowest BCUT2D eigenvalue weighted by molar-refractivity contribution is -0.141. The van der Waals surface area contributed by atoms with Crippen molar-refractivity contribution in [3.05, 3.63) is 40.8 Å². The van der Waals surface area contributed by atoms with Gasteiger partial charge in [-0.1, -0.05) is 11.6 Å². The van der Waals surface area contributed by atoms with Crippen LogP contribution in [0.2, 0.25) is 5.02 Å². The molecule has 0 bridgehead atoms. The standard InChI is InChI=1S/C11H6ClF4N3/c12-7-3-5(13)1-2-6(7)8-4-9(11(14,15)16)19-10(17)18-8/h1-4H,(H2,17,18,19). The Bertz CT molecular complexity index is 628. The second-order valence-corrected chi connectivity index (χ2v) is 4.03. The second kappa shape index (κ2) is 4.65. The van der Waals surface area contributed by atoms with Crippen LogP contribution < -0.4 is 5.73 Å². The van der Waals surface area contributed by atoms with Crippen molar-refractivity contribution in [1.29, 1.82) is 0 Å². The van der Waals surface area contributed by atoms with Crippen LogP contribution in [-0.4, -0.2) is 9.97 Å². The maximum absolute atomic E-state index is 12.9. The number of hydrogen-bond donors (Lipinski definition) is 1. The summed E-state index contributed by atoms with van der Waals surface area (Å²) in [4.78, 5) is 6.77. The van der Waals surface area contributed by atoms with E-state index < -0.39 is 23.6 Å². The first-order valence-electron chi connectivity index (χ1n) is 4.94. The summed E-state index contributed by atoms with van der Waals surface area (Å²) in [6.45, 7) is 0. The molecule has 0 aliphatic rings. The molecule has 0 fully saturated rings. The quantitative estimate of drug-likeness (QED) is 0.818. The van der Waals surface area contributed by atoms with E-state index in [0.717, 1.165) is 12.1 Å². The average molecular weight is 292 g/mol. The Morgan fingerprint density at radius 2 is 1.79 bits per heavy atom. The van der Waals surface area contributed by atoms with Gasteiger partial charge in [0.2, 0.25) is 5.95 Å². The van der Waals surface area contributed by atoms with Gasteiger partial charge in [0.05, 0.1) is 10.7 Å². The highest BCUT2D eigenvalue weighted by molar-refractivity contribution is 6.33. The topological polar surface area (TPSA) is 51.8 Å². The molecule has 0 aliphatic heterocycles. The van der Waals surface area contributed by atoms with Crippen LogP contribution in [0.15, 0.2) is 24.3 Å². The molecule has 0 atom stereocenters. The smallest absolute Gasteiger partial charge is 0.368 e. The van der Waals surface area contributed by atoms with Crippen LogP contribution in [0.3, 0.4) is 0 Å². The van der Waals surface area contributed by atoms with Crippen molar-refractivity contribution in [1.82, 2.24) is 9.97 Å². The zero-order valence-corrected chi connectivity index (χ0v) is 9.93. The summed E-state index contributed by atoms with van der Waals surface area (Å²) in [6.07, 6.45) is -4.65. The number of rotatable bonds is 1. The molecule has 0 unspecified atom stereocenters. The average Bonchev–Trinajstić information content (AvgIpc) is 2.26. The Kier molecular flexibility index (Phi) is 3.32. The van der Waals surface area contributed by atoms with Crippen molar-refractivity contribution in [2.45, 2.75) is 6.18 Å². The molecule has 1 heterocycles. The third-order valence-corrected chi connectivity index (χ3v) is 2.55. The van der Waals surface area contributed by atoms with Crippen LogP contribution in [0.4, 0.5) is 23.5 Å². The van der Waals surface area contributed by atoms with Gasteiger partial charge in [-0.2, -0.15) is 13.2 Å². The largest absolute Gasteiger partial charge is 0.433 e. The normalized spacial score (nSPS) is 11.6. The van der Waals surface area contributed by atoms with Gasteiger partial charge >= 0.3 is 6.18 Å². The van der Waals surface area contributed by atoms with Gasteiger partial charge in [0.1, 0.15) is 5.82 Å². The van der Waals surface area contributed by atoms with Gasteiger partial charge < -0.3 is 5.73 Å². The number of nitrogens with zero attached hydrogens (tertiary/aromatic N) is 2. The lowest BCUT2D eigenvalue weighted by atomic mass is 10.1. The SMILES string of the molecule is Nc1nc(-c2ccc(F)cc2Cl)cc(C(F)(F)F)n1. The van der Waals surface area contributed by atoms with Crippen molar-refractivity contribution in [2.75, 3.05) is 5.73 Å². The molecule has 0 amide bonds. The molecule has 3 nitrogen and oxygen atoms in total. The number of anilines is 1. The molecule has 0 radical (unpaired) electrons. The molecule has 2 aromatic rings. The molecule has 0 spiro atoms. The van der Waals surface area contributed by atoms with E-state index in [9.17, 15) is 17.6 Å². The number of hydrogen-bond acceptors (Lipinski definition) is 3. The fourth-order valence-corrected chi connectivity index (χ4v) is 1.71. The van der Waals surface area contributed by atoms with E-state index in [4.69, 9.17) is 17.3 Å². The number of nitrogens with two attached hydrogens (primary N) is 1. The summed E-state index contributed by atoms with van der Waals surface area (Å²) in [7, 11) is 0. The molecule has 2 rings (SSSR count). The maximum atomic E-state index is 12.9. The number of nitrogen functional groups attached to an aromatic ring is 1. The molecule has 1 aromatic heterocycles. The van der Waals surface area contributed by atoms with Crippen molar-refractivity contribution < 1.29 is 17.6 Å². The monoisotopic (exact) mass is 291 g/mol. The number of benzene rings is 1. The molecule has 1 aromatic carbocycles. The van der Waals surface area contributed by atoms with Crippen molar-refractivity contribution in [3.8, 4) is 11.3 Å². The summed E-state index contributed by atoms with van der Waals surface area (Å²) < 4.78 is 50.7. The Hall–Kier alpha value is -1.89. The summed E-state index contributed by atoms with van der Waals surface area (Å²) in [6, 6.07) is 3.96. The highest BCUT2D eigenvalue weighted by Crippen LogP contribution is 2.33. The van der Waals surface area contributed by atoms with E-state index in [1.54, 1.807) is 0 Å². The predicted molar refractivity (Wildman–Crippen MR) is 61.9 cm³/mol. The molecular formula is C11H6ClF4N3. The van der Waals surface area contributed by atoms with Gasteiger partial charge in [0, 0.05) is 5.56 Å². The Labute approximate surface area is 110 Å². The summed E-state index contributed by atoms with van der Waals surface area (Å²) in [5, 5.41) is -0.0637. The van der Waals surface area contributed by atoms with Crippen molar-refractivity contribution in [3.63, 3.8) is 0 Å². The summed E-state index contributed by atoms with van der Waals surface area (Å²) in [5.74, 6) is -1.14. The second-order valence-electron chi connectivity index (χ2n) is 3.62. The predicted octanol–water partition coefficient (Wildman–Crippen LogP) is 3.54. The third kappa shape index (κ3) is 2.93. The first-order valence-corrected chi connectivity index (χ1v) is 5.32. The van der Waals surface area contributed by atoms with E-state index in [1.807, 2.05) is 0 Å². The van der Waals surface area contributed by atoms with Gasteiger partial charge in [-0.25, -0.2) is 14.4 Å². The minimum atomic E-state index is -4.65. The number of alkyl halides is 3. The van der Waals surface area contributed by atoms with Crippen molar-refractivity contribution >= 4 is 17.5 Å². The van der Waals surface area contributed by atoms with Crippen LogP contribution in [0, 0.1) is 5.82 Å². The van der Waals surface area contributed by atoms with Crippen LogP contribution in [-0.2, 0) is 6.18 Å². The zero-order chi connectivity index (χ0) is 14.2. The Balaban J connectivity index is 2.59. The summed E-state index contributed by atoms with van der Waals surface area (Å²) >= 11 is 5.76. The maximum Gasteiger partial charge on any atom is 0.433 e. The molecule has 100 valence electrons. The molecule has 0 aliphatic carbocycles. The number of halogens is 5. The molecule has 0 saturated carbocycles. The van der Waals surface area contributed by atoms with E-state index >= 15 is 0 Å². The van der Waals surface area contributed by atoms with Crippen LogP contribution in [0.5, 0.6) is 0 Å². The fourth-order valence-electron chi connectivity index (χ4n) is 1.45. The lowest BCUT2D eigenvalue weighted by Gasteiger charge is -2.09. The lowest BCUT2D eigenvalue weighted by Crippen LogP contribution is -2.11. The van der Waals surface area contributed by atoms with Crippen LogP contribution in [0.1, 0.15) is 5.69 Å². The van der Waals surface area contributed by atoms with E-state index in [0.29, 0.717) is 6.07 Å².